The van der Waals surface area contributed by atoms with Crippen LogP contribution in [0.5, 0.6) is 0 Å². The maximum absolute atomic E-state index is 13.0. The molecular formula is C59H90O12. The molecule has 0 bridgehead atoms. The molecule has 1 fully saturated rings. The largest absolute Gasteiger partial charge is 0.479 e. The van der Waals surface area contributed by atoms with E-state index < -0.39 is 73.9 Å². The lowest BCUT2D eigenvalue weighted by molar-refractivity contribution is -0.301. The third-order valence-corrected chi connectivity index (χ3v) is 11.1. The van der Waals surface area contributed by atoms with Crippen LogP contribution in [-0.4, -0.2) is 89.2 Å². The molecule has 1 aliphatic rings. The van der Waals surface area contributed by atoms with Crippen molar-refractivity contribution in [2.24, 2.45) is 0 Å². The topological polar surface area (TPSA) is 175 Å². The number of aliphatic hydroxyl groups excluding tert-OH is 2. The van der Waals surface area contributed by atoms with Gasteiger partial charge in [0.05, 0.1) is 19.4 Å². The summed E-state index contributed by atoms with van der Waals surface area (Å²) >= 11 is 0. The Labute approximate surface area is 427 Å². The summed E-state index contributed by atoms with van der Waals surface area (Å²) in [5.74, 6) is -3.47. The Hall–Kier alpha value is -4.88. The van der Waals surface area contributed by atoms with Crippen molar-refractivity contribution in [2.75, 3.05) is 13.2 Å². The summed E-state index contributed by atoms with van der Waals surface area (Å²) in [4.78, 5) is 50.7. The van der Waals surface area contributed by atoms with Crippen LogP contribution in [0, 0.1) is 0 Å². The van der Waals surface area contributed by atoms with Crippen LogP contribution >= 0.6 is 0 Å². The zero-order valence-electron chi connectivity index (χ0n) is 43.4. The Morgan fingerprint density at radius 1 is 0.479 bits per heavy atom. The van der Waals surface area contributed by atoms with Crippen molar-refractivity contribution in [1.82, 2.24) is 0 Å². The fourth-order valence-electron chi connectivity index (χ4n) is 7.10. The van der Waals surface area contributed by atoms with E-state index in [0.717, 1.165) is 77.0 Å². The number of hydrogen-bond acceptors (Lipinski definition) is 11. The summed E-state index contributed by atoms with van der Waals surface area (Å²) in [5.41, 5.74) is 0. The molecule has 6 unspecified atom stereocenters. The lowest BCUT2D eigenvalue weighted by Gasteiger charge is -2.40. The highest BCUT2D eigenvalue weighted by molar-refractivity contribution is 5.74. The smallest absolute Gasteiger partial charge is 0.335 e. The van der Waals surface area contributed by atoms with Gasteiger partial charge in [0.25, 0.3) is 0 Å². The van der Waals surface area contributed by atoms with Crippen LogP contribution in [0.1, 0.15) is 175 Å². The van der Waals surface area contributed by atoms with Crippen molar-refractivity contribution in [3.05, 3.63) is 122 Å². The van der Waals surface area contributed by atoms with Crippen LogP contribution in [0.15, 0.2) is 122 Å². The minimum atomic E-state index is -1.93. The number of rotatable bonds is 42. The predicted molar refractivity (Wildman–Crippen MR) is 284 cm³/mol. The fourth-order valence-corrected chi connectivity index (χ4v) is 7.10. The van der Waals surface area contributed by atoms with Gasteiger partial charge in [0.1, 0.15) is 18.8 Å². The molecule has 1 rings (SSSR count). The average molecular weight is 991 g/mol. The maximum atomic E-state index is 13.0. The predicted octanol–water partition coefficient (Wildman–Crippen LogP) is 12.9. The van der Waals surface area contributed by atoms with Crippen molar-refractivity contribution in [3.8, 4) is 0 Å². The van der Waals surface area contributed by atoms with Crippen molar-refractivity contribution < 1.29 is 58.2 Å². The summed E-state index contributed by atoms with van der Waals surface area (Å²) in [5, 5.41) is 31.3. The number of carbonyl (C=O) groups is 4. The van der Waals surface area contributed by atoms with Crippen molar-refractivity contribution in [1.29, 1.82) is 0 Å². The molecule has 0 aliphatic carbocycles. The van der Waals surface area contributed by atoms with Gasteiger partial charge < -0.3 is 39.0 Å². The molecule has 0 amide bonds. The molecule has 0 aromatic heterocycles. The maximum Gasteiger partial charge on any atom is 0.335 e. The number of carbonyl (C=O) groups excluding carboxylic acids is 3. The van der Waals surface area contributed by atoms with E-state index in [1.165, 1.54) is 38.5 Å². The van der Waals surface area contributed by atoms with E-state index in [1.807, 2.05) is 36.5 Å². The van der Waals surface area contributed by atoms with Crippen LogP contribution in [0.4, 0.5) is 0 Å². The Morgan fingerprint density at radius 2 is 0.873 bits per heavy atom. The third kappa shape index (κ3) is 36.7. The van der Waals surface area contributed by atoms with E-state index in [-0.39, 0.29) is 19.3 Å². The van der Waals surface area contributed by atoms with E-state index >= 15 is 0 Å². The number of carboxylic acid groups (broad SMARTS) is 1. The standard InChI is InChI=1S/C59H90O12/c1-4-7-10-13-16-19-22-24-26-28-31-33-36-39-42-45-51(60)67-48-50(69-52(61)46-43-40-37-35-32-29-27-25-23-20-17-14-11-8-5-2)49-68-59-57(55(64)54(63)56(71-59)58(65)66)70-53(62)47-44-41-38-34-30-21-18-15-12-9-6-3/h7-8,10-11,16-17,19-20,24-27,31-33,35,39-40,42-43,50,54-57,59,63-64H,4-6,9,12-15,18,21-23,28-30,34,36-38,41,44-49H2,1-3H3,(H,65,66)/b10-7-,11-8-,19-16-,20-17-,26-24-,27-25-,33-31-,35-32-,42-39-,43-40-. The molecule has 3 N–H and O–H groups in total. The molecule has 0 saturated carbocycles. The first-order valence-electron chi connectivity index (χ1n) is 26.5. The van der Waals surface area contributed by atoms with Crippen molar-refractivity contribution in [3.63, 3.8) is 0 Å². The molecule has 0 spiro atoms. The molecule has 398 valence electrons. The molecule has 12 nitrogen and oxygen atoms in total. The highest BCUT2D eigenvalue weighted by Crippen LogP contribution is 2.26. The van der Waals surface area contributed by atoms with Gasteiger partial charge in [0, 0.05) is 6.42 Å². The molecule has 0 aromatic rings. The lowest BCUT2D eigenvalue weighted by Crippen LogP contribution is -2.61. The molecule has 71 heavy (non-hydrogen) atoms. The molecule has 1 aliphatic heterocycles. The first-order chi connectivity index (χ1) is 34.6. The SMILES string of the molecule is CC/C=C\C/C=C\C/C=C\C/C=C\C/C=C\CC(=O)OCC(COC1OC(C(=O)O)C(O)C(O)C1OC(=O)CCCCCCCCCCCCC)OC(=O)C/C=C\C/C=C\C/C=C\C/C=C\C/C=C\CC. The number of hydrogen-bond donors (Lipinski definition) is 3. The summed E-state index contributed by atoms with van der Waals surface area (Å²) in [6.45, 7) is 5.54. The molecule has 12 heteroatoms. The second kappa shape index (κ2) is 46.2. The van der Waals surface area contributed by atoms with Crippen LogP contribution in [0.25, 0.3) is 0 Å². The summed E-state index contributed by atoms with van der Waals surface area (Å²) in [6.07, 6.45) is 51.0. The molecule has 1 saturated heterocycles. The first-order valence-corrected chi connectivity index (χ1v) is 26.5. The number of aliphatic hydroxyl groups is 2. The zero-order chi connectivity index (χ0) is 51.8. The van der Waals surface area contributed by atoms with Gasteiger partial charge in [-0.1, -0.05) is 206 Å². The summed E-state index contributed by atoms with van der Waals surface area (Å²) < 4.78 is 28.0. The molecule has 1 heterocycles. The van der Waals surface area contributed by atoms with Crippen LogP contribution in [0.2, 0.25) is 0 Å². The van der Waals surface area contributed by atoms with E-state index in [0.29, 0.717) is 19.3 Å². The Bertz CT molecular complexity index is 1700. The summed E-state index contributed by atoms with van der Waals surface area (Å²) in [7, 11) is 0. The minimum absolute atomic E-state index is 0.0370. The third-order valence-electron chi connectivity index (χ3n) is 11.1. The van der Waals surface area contributed by atoms with Gasteiger partial charge in [-0.15, -0.1) is 0 Å². The van der Waals surface area contributed by atoms with Gasteiger partial charge in [-0.3, -0.25) is 14.4 Å². The molecule has 0 aromatic carbocycles. The average Bonchev–Trinajstić information content (AvgIpc) is 3.35. The number of esters is 3. The molecule has 6 atom stereocenters. The quantitative estimate of drug-likeness (QED) is 0.0229. The normalized spacial score (nSPS) is 19.5. The van der Waals surface area contributed by atoms with E-state index in [2.05, 4.69) is 93.7 Å². The van der Waals surface area contributed by atoms with Gasteiger partial charge in [-0.2, -0.15) is 0 Å². The number of allylic oxidation sites excluding steroid dienone is 18. The van der Waals surface area contributed by atoms with Crippen molar-refractivity contribution >= 4 is 23.9 Å². The van der Waals surface area contributed by atoms with Gasteiger partial charge in [-0.05, 0) is 70.6 Å². The Balaban J connectivity index is 2.86. The Morgan fingerprint density at radius 3 is 1.30 bits per heavy atom. The second-order valence-corrected chi connectivity index (χ2v) is 17.4. The van der Waals surface area contributed by atoms with Crippen molar-refractivity contribution in [2.45, 2.75) is 212 Å². The number of carboxylic acids is 1. The van der Waals surface area contributed by atoms with Crippen LogP contribution in [0.3, 0.4) is 0 Å². The van der Waals surface area contributed by atoms with E-state index in [4.69, 9.17) is 23.7 Å². The zero-order valence-corrected chi connectivity index (χ0v) is 43.4. The second-order valence-electron chi connectivity index (χ2n) is 17.4. The first kappa shape index (κ1) is 64.1. The summed E-state index contributed by atoms with van der Waals surface area (Å²) in [6, 6.07) is 0. The number of aliphatic carboxylic acids is 1. The highest BCUT2D eigenvalue weighted by atomic mass is 16.7. The van der Waals surface area contributed by atoms with Gasteiger partial charge >= 0.3 is 23.9 Å². The lowest BCUT2D eigenvalue weighted by atomic mass is 9.98. The number of ether oxygens (including phenoxy) is 5. The molecular weight excluding hydrogens is 901 g/mol. The highest BCUT2D eigenvalue weighted by Gasteiger charge is 2.50. The van der Waals surface area contributed by atoms with Crippen LogP contribution < -0.4 is 0 Å². The van der Waals surface area contributed by atoms with Crippen LogP contribution in [-0.2, 0) is 42.9 Å². The van der Waals surface area contributed by atoms with E-state index in [9.17, 15) is 34.5 Å². The van der Waals surface area contributed by atoms with Gasteiger partial charge in [0.2, 0.25) is 0 Å². The van der Waals surface area contributed by atoms with Gasteiger partial charge in [0.15, 0.2) is 24.6 Å². The molecule has 0 radical (unpaired) electrons. The monoisotopic (exact) mass is 991 g/mol. The van der Waals surface area contributed by atoms with Gasteiger partial charge in [-0.25, -0.2) is 4.79 Å². The fraction of sp³-hybridized carbons (Fsp3) is 0.593. The Kier molecular flexibility index (Phi) is 41.7. The minimum Gasteiger partial charge on any atom is -0.479 e. The number of unbranched alkanes of at least 4 members (excludes halogenated alkanes) is 10. The van der Waals surface area contributed by atoms with E-state index in [1.54, 1.807) is 12.2 Å².